The van der Waals surface area contributed by atoms with Gasteiger partial charge in [0.25, 0.3) is 0 Å². The molecule has 0 spiro atoms. The van der Waals surface area contributed by atoms with E-state index < -0.39 is 0 Å². The van der Waals surface area contributed by atoms with Crippen LogP contribution in [0.1, 0.15) is 5.56 Å². The van der Waals surface area contributed by atoms with Crippen molar-refractivity contribution in [3.8, 4) is 5.82 Å². The lowest BCUT2D eigenvalue weighted by Crippen LogP contribution is -2.10. The molecule has 0 bridgehead atoms. The summed E-state index contributed by atoms with van der Waals surface area (Å²) in [4.78, 5) is 23.9. The second-order valence-corrected chi connectivity index (χ2v) is 4.85. The van der Waals surface area contributed by atoms with Crippen LogP contribution in [0.15, 0.2) is 55.4 Å². The van der Waals surface area contributed by atoms with E-state index in [4.69, 9.17) is 11.6 Å². The number of benzene rings is 1. The molecule has 0 aliphatic heterocycles. The normalized spacial score (nSPS) is 10.8. The molecule has 0 saturated carbocycles. The van der Waals surface area contributed by atoms with E-state index in [9.17, 15) is 4.79 Å². The Balaban J connectivity index is 1.71. The summed E-state index contributed by atoms with van der Waals surface area (Å²) in [5.41, 5.74) is 0.760. The summed E-state index contributed by atoms with van der Waals surface area (Å²) >= 11 is 6.03. The van der Waals surface area contributed by atoms with Crippen LogP contribution in [0.5, 0.6) is 0 Å². The summed E-state index contributed by atoms with van der Waals surface area (Å²) in [6.45, 7) is 0. The number of anilines is 1. The van der Waals surface area contributed by atoms with Gasteiger partial charge in [-0.2, -0.15) is 5.10 Å². The Morgan fingerprint density at radius 3 is 2.87 bits per heavy atom. The molecule has 3 aromatic rings. The number of carbonyl (C=O) groups is 1. The van der Waals surface area contributed by atoms with E-state index in [2.05, 4.69) is 25.4 Å². The molecule has 7 nitrogen and oxygen atoms in total. The van der Waals surface area contributed by atoms with Crippen LogP contribution < -0.4 is 5.32 Å². The maximum atomic E-state index is 12.0. The molecule has 0 aliphatic carbocycles. The zero-order chi connectivity index (χ0) is 16.1. The van der Waals surface area contributed by atoms with Gasteiger partial charge in [0.05, 0.1) is 0 Å². The first-order valence-corrected chi connectivity index (χ1v) is 7.01. The number of nitrogens with one attached hydrogen (secondary N) is 1. The summed E-state index contributed by atoms with van der Waals surface area (Å²) in [6.07, 6.45) is 7.26. The Bertz CT molecular complexity index is 847. The van der Waals surface area contributed by atoms with E-state index in [1.165, 1.54) is 29.7 Å². The third-order valence-corrected chi connectivity index (χ3v) is 3.22. The Hall–Kier alpha value is -3.06. The minimum Gasteiger partial charge on any atom is -0.307 e. The molecule has 1 aromatic carbocycles. The van der Waals surface area contributed by atoms with E-state index >= 15 is 0 Å². The second-order valence-electron chi connectivity index (χ2n) is 4.45. The van der Waals surface area contributed by atoms with Gasteiger partial charge in [-0.15, -0.1) is 0 Å². The molecule has 0 atom stereocenters. The molecular formula is C15H11ClN6O. The molecule has 2 heterocycles. The molecule has 0 fully saturated rings. The van der Waals surface area contributed by atoms with Crippen LogP contribution in [0, 0.1) is 0 Å². The van der Waals surface area contributed by atoms with Gasteiger partial charge in [0.15, 0.2) is 5.82 Å². The van der Waals surface area contributed by atoms with Gasteiger partial charge >= 0.3 is 0 Å². The highest BCUT2D eigenvalue weighted by Crippen LogP contribution is 2.16. The van der Waals surface area contributed by atoms with Crippen molar-refractivity contribution in [3.63, 3.8) is 0 Å². The number of amides is 1. The third kappa shape index (κ3) is 3.78. The monoisotopic (exact) mass is 326 g/mol. The number of halogens is 1. The predicted molar refractivity (Wildman–Crippen MR) is 86.1 cm³/mol. The molecule has 3 rings (SSSR count). The minimum atomic E-state index is -0.326. The summed E-state index contributed by atoms with van der Waals surface area (Å²) < 4.78 is 1.47. The van der Waals surface area contributed by atoms with Crippen molar-refractivity contribution in [1.82, 2.24) is 24.7 Å². The number of carbonyl (C=O) groups excluding carboxylic acids is 1. The van der Waals surface area contributed by atoms with Gasteiger partial charge in [-0.1, -0.05) is 29.8 Å². The topological polar surface area (TPSA) is 85.6 Å². The largest absolute Gasteiger partial charge is 0.307 e. The second kappa shape index (κ2) is 6.80. The first-order chi connectivity index (χ1) is 11.2. The summed E-state index contributed by atoms with van der Waals surface area (Å²) in [6, 6.07) is 8.84. The summed E-state index contributed by atoms with van der Waals surface area (Å²) in [7, 11) is 0. The first-order valence-electron chi connectivity index (χ1n) is 6.63. The summed E-state index contributed by atoms with van der Waals surface area (Å²) in [5.74, 6) is 0.537. The van der Waals surface area contributed by atoms with Crippen LogP contribution in [0.2, 0.25) is 5.02 Å². The fourth-order valence-electron chi connectivity index (χ4n) is 1.81. The lowest BCUT2D eigenvalue weighted by Gasteiger charge is -2.03. The predicted octanol–water partition coefficient (Wildman–Crippen LogP) is 2.36. The number of aromatic nitrogens is 5. The van der Waals surface area contributed by atoms with Gasteiger partial charge in [-0.25, -0.2) is 19.6 Å². The van der Waals surface area contributed by atoms with Gasteiger partial charge in [0.2, 0.25) is 5.91 Å². The summed E-state index contributed by atoms with van der Waals surface area (Å²) in [5, 5.41) is 7.19. The average Bonchev–Trinajstić information content (AvgIpc) is 3.09. The van der Waals surface area contributed by atoms with Crippen molar-refractivity contribution in [2.75, 3.05) is 5.32 Å². The van der Waals surface area contributed by atoms with Crippen LogP contribution >= 0.6 is 11.6 Å². The maximum Gasteiger partial charge on any atom is 0.249 e. The van der Waals surface area contributed by atoms with Crippen LogP contribution in [-0.4, -0.2) is 30.6 Å². The quantitative estimate of drug-likeness (QED) is 0.744. The van der Waals surface area contributed by atoms with Crippen LogP contribution in [-0.2, 0) is 4.79 Å². The van der Waals surface area contributed by atoms with Crippen molar-refractivity contribution in [3.05, 3.63) is 66.0 Å². The molecule has 2 aromatic heterocycles. The van der Waals surface area contributed by atoms with Gasteiger partial charge in [-0.3, -0.25) is 4.79 Å². The highest BCUT2D eigenvalue weighted by Gasteiger charge is 2.04. The van der Waals surface area contributed by atoms with Gasteiger partial charge in [0.1, 0.15) is 24.8 Å². The van der Waals surface area contributed by atoms with Crippen LogP contribution in [0.25, 0.3) is 11.9 Å². The Kier molecular flexibility index (Phi) is 4.39. The smallest absolute Gasteiger partial charge is 0.249 e. The standard InChI is InChI=1S/C15H11ClN6O/c16-12-4-2-1-3-11(12)5-6-15(23)21-13-7-14(19-9-18-13)22-10-17-8-20-22/h1-10H,(H,18,19,21,23)/b6-5+. The number of nitrogens with zero attached hydrogens (tertiary/aromatic N) is 5. The average molecular weight is 327 g/mol. The van der Waals surface area contributed by atoms with Gasteiger partial charge < -0.3 is 5.32 Å². The zero-order valence-corrected chi connectivity index (χ0v) is 12.6. The van der Waals surface area contributed by atoms with E-state index in [1.807, 2.05) is 18.2 Å². The SMILES string of the molecule is O=C(/C=C/c1ccccc1Cl)Nc1cc(-n2cncn2)ncn1. The first kappa shape index (κ1) is 14.9. The van der Waals surface area contributed by atoms with Gasteiger partial charge in [0, 0.05) is 17.2 Å². The maximum absolute atomic E-state index is 12.0. The highest BCUT2D eigenvalue weighted by molar-refractivity contribution is 6.32. The lowest BCUT2D eigenvalue weighted by molar-refractivity contribution is -0.111. The fraction of sp³-hybridized carbons (Fsp3) is 0. The molecule has 0 unspecified atom stereocenters. The van der Waals surface area contributed by atoms with E-state index in [0.717, 1.165) is 5.56 Å². The highest BCUT2D eigenvalue weighted by atomic mass is 35.5. The van der Waals surface area contributed by atoms with Crippen molar-refractivity contribution in [2.24, 2.45) is 0 Å². The number of hydrogen-bond donors (Lipinski definition) is 1. The van der Waals surface area contributed by atoms with Crippen molar-refractivity contribution >= 4 is 29.4 Å². The molecule has 0 aliphatic rings. The Morgan fingerprint density at radius 1 is 1.22 bits per heavy atom. The molecular weight excluding hydrogens is 316 g/mol. The molecule has 114 valence electrons. The minimum absolute atomic E-state index is 0.326. The molecule has 0 saturated heterocycles. The van der Waals surface area contributed by atoms with E-state index in [0.29, 0.717) is 16.7 Å². The number of hydrogen-bond acceptors (Lipinski definition) is 5. The molecule has 1 N–H and O–H groups in total. The Morgan fingerprint density at radius 2 is 2.09 bits per heavy atom. The molecule has 8 heteroatoms. The molecule has 0 radical (unpaired) electrons. The lowest BCUT2D eigenvalue weighted by atomic mass is 10.2. The van der Waals surface area contributed by atoms with Crippen molar-refractivity contribution in [1.29, 1.82) is 0 Å². The molecule has 23 heavy (non-hydrogen) atoms. The van der Waals surface area contributed by atoms with Gasteiger partial charge in [-0.05, 0) is 17.7 Å². The van der Waals surface area contributed by atoms with Crippen molar-refractivity contribution < 1.29 is 4.79 Å². The number of rotatable bonds is 4. The third-order valence-electron chi connectivity index (χ3n) is 2.88. The van der Waals surface area contributed by atoms with E-state index in [-0.39, 0.29) is 5.91 Å². The Labute approximate surface area is 136 Å². The van der Waals surface area contributed by atoms with Crippen molar-refractivity contribution in [2.45, 2.75) is 0 Å². The van der Waals surface area contributed by atoms with E-state index in [1.54, 1.807) is 18.2 Å². The fourth-order valence-corrected chi connectivity index (χ4v) is 2.01. The zero-order valence-electron chi connectivity index (χ0n) is 11.8. The van der Waals surface area contributed by atoms with Crippen LogP contribution in [0.3, 0.4) is 0 Å². The van der Waals surface area contributed by atoms with Crippen LogP contribution in [0.4, 0.5) is 5.82 Å². The molecule has 1 amide bonds.